The minimum absolute atomic E-state index is 0.181. The summed E-state index contributed by atoms with van der Waals surface area (Å²) in [4.78, 5) is 26.2. The van der Waals surface area contributed by atoms with E-state index in [1.54, 1.807) is 18.5 Å². The molecule has 10 nitrogen and oxygen atoms in total. The summed E-state index contributed by atoms with van der Waals surface area (Å²) in [5.41, 5.74) is 2.65. The lowest BCUT2D eigenvalue weighted by Gasteiger charge is -2.51. The Balaban J connectivity index is 1.45. The number of carbonyl (C=O) groups is 1. The first-order valence-electron chi connectivity index (χ1n) is 14.7. The molecule has 5 rings (SSSR count). The van der Waals surface area contributed by atoms with E-state index in [2.05, 4.69) is 75.7 Å². The van der Waals surface area contributed by atoms with Crippen LogP contribution in [0.4, 0.5) is 5.82 Å². The molecule has 0 spiro atoms. The molecule has 1 aromatic carbocycles. The molecule has 2 aromatic heterocycles. The second kappa shape index (κ2) is 11.7. The average molecular weight is 598 g/mol. The summed E-state index contributed by atoms with van der Waals surface area (Å²) in [5, 5.41) is 2.88. The van der Waals surface area contributed by atoms with Crippen LogP contribution < -0.4 is 5.32 Å². The highest BCUT2D eigenvalue weighted by Gasteiger charge is 2.60. The highest BCUT2D eigenvalue weighted by Crippen LogP contribution is 2.48. The van der Waals surface area contributed by atoms with E-state index in [9.17, 15) is 4.79 Å². The van der Waals surface area contributed by atoms with Gasteiger partial charge in [0.05, 0.1) is 19.0 Å². The Morgan fingerprint density at radius 2 is 1.56 bits per heavy atom. The molecule has 2 saturated heterocycles. The fourth-order valence-electron chi connectivity index (χ4n) is 6.23. The van der Waals surface area contributed by atoms with E-state index in [0.29, 0.717) is 35.6 Å². The minimum atomic E-state index is -2.74. The van der Waals surface area contributed by atoms with Crippen molar-refractivity contribution in [2.45, 2.75) is 102 Å². The first-order valence-corrected chi connectivity index (χ1v) is 18.6. The number of carbonyl (C=O) groups excluding carboxylic acids is 1. The fourth-order valence-corrected chi connectivity index (χ4v) is 17.4. The van der Waals surface area contributed by atoms with Crippen LogP contribution >= 0.6 is 0 Å². The normalized spacial score (nSPS) is 24.1. The maximum atomic E-state index is 12.8. The first-order chi connectivity index (χ1) is 19.5. The number of benzene rings is 1. The van der Waals surface area contributed by atoms with Gasteiger partial charge in [0.1, 0.15) is 18.7 Å². The van der Waals surface area contributed by atoms with Gasteiger partial charge in [0.25, 0.3) is 5.91 Å². The fraction of sp³-hybridized carbons (Fsp3) is 0.586. The van der Waals surface area contributed by atoms with Gasteiger partial charge < -0.3 is 23.0 Å². The number of aromatic nitrogens is 4. The molecule has 3 aromatic rings. The summed E-state index contributed by atoms with van der Waals surface area (Å²) in [6.07, 6.45) is 2.98. The standard InChI is InChI=1S/C29H43N5O5Si2/c1-18(2)40(19(3)4)36-15-24-23(38-41(39-40,20(5)6)21(7)8)14-25(37-24)34-17-32-26-27(30-16-31-28(26)34)33-29(35)22-12-10-9-11-13-22/h9-13,16-21,23-25H,14-15H2,1-8H3,(H,30,31,33,35)/t23-,24-,25-/m1/s1. The van der Waals surface area contributed by atoms with Crippen molar-refractivity contribution in [2.75, 3.05) is 11.9 Å². The quantitative estimate of drug-likeness (QED) is 0.315. The van der Waals surface area contributed by atoms with Crippen LogP contribution in [0.5, 0.6) is 0 Å². The Morgan fingerprint density at radius 1 is 0.902 bits per heavy atom. The second-order valence-corrected chi connectivity index (χ2v) is 21.2. The van der Waals surface area contributed by atoms with Crippen molar-refractivity contribution in [3.8, 4) is 0 Å². The van der Waals surface area contributed by atoms with Crippen molar-refractivity contribution in [2.24, 2.45) is 0 Å². The molecule has 0 saturated carbocycles. The van der Waals surface area contributed by atoms with Crippen LogP contribution in [0, 0.1) is 0 Å². The van der Waals surface area contributed by atoms with E-state index in [0.717, 1.165) is 0 Å². The second-order valence-electron chi connectivity index (χ2n) is 12.4. The molecular formula is C29H43N5O5Si2. The van der Waals surface area contributed by atoms with E-state index < -0.39 is 17.1 Å². The van der Waals surface area contributed by atoms with Crippen LogP contribution in [0.1, 0.15) is 78.4 Å². The average Bonchev–Trinajstić information content (AvgIpc) is 3.53. The highest BCUT2D eigenvalue weighted by atomic mass is 28.5. The van der Waals surface area contributed by atoms with Crippen molar-refractivity contribution < 1.29 is 22.5 Å². The Labute approximate surface area is 244 Å². The molecule has 0 radical (unpaired) electrons. The number of amides is 1. The third kappa shape index (κ3) is 5.41. The lowest BCUT2D eigenvalue weighted by atomic mass is 10.2. The molecule has 0 aliphatic carbocycles. The molecule has 2 aliphatic heterocycles. The molecule has 1 amide bonds. The van der Waals surface area contributed by atoms with E-state index in [1.165, 1.54) is 6.33 Å². The molecule has 12 heteroatoms. The topological polar surface area (TPSA) is 110 Å². The highest BCUT2D eigenvalue weighted by molar-refractivity contribution is 6.84. The van der Waals surface area contributed by atoms with Gasteiger partial charge in [-0.25, -0.2) is 15.0 Å². The van der Waals surface area contributed by atoms with Gasteiger partial charge in [0.15, 0.2) is 17.0 Å². The molecule has 1 N–H and O–H groups in total. The largest absolute Gasteiger partial charge is 0.414 e. The zero-order valence-electron chi connectivity index (χ0n) is 25.3. The predicted molar refractivity (Wildman–Crippen MR) is 162 cm³/mol. The van der Waals surface area contributed by atoms with Gasteiger partial charge >= 0.3 is 17.1 Å². The van der Waals surface area contributed by atoms with Gasteiger partial charge in [-0.15, -0.1) is 0 Å². The van der Waals surface area contributed by atoms with Gasteiger partial charge in [-0.2, -0.15) is 0 Å². The number of fused-ring (bicyclic) bond motifs is 2. The van der Waals surface area contributed by atoms with Crippen LogP contribution in [-0.2, 0) is 17.7 Å². The van der Waals surface area contributed by atoms with E-state index >= 15 is 0 Å². The first kappa shape index (κ1) is 30.0. The van der Waals surface area contributed by atoms with Gasteiger partial charge in [-0.05, 0) is 34.3 Å². The minimum Gasteiger partial charge on any atom is -0.414 e. The number of rotatable bonds is 7. The molecule has 222 valence electrons. The molecule has 3 atom stereocenters. The van der Waals surface area contributed by atoms with Gasteiger partial charge in [0.2, 0.25) is 0 Å². The Bertz CT molecular complexity index is 1350. The zero-order chi connectivity index (χ0) is 29.5. The van der Waals surface area contributed by atoms with E-state index in [4.69, 9.17) is 17.7 Å². The molecule has 0 bridgehead atoms. The van der Waals surface area contributed by atoms with Crippen molar-refractivity contribution >= 4 is 40.0 Å². The summed E-state index contributed by atoms with van der Waals surface area (Å²) >= 11 is 0. The van der Waals surface area contributed by atoms with Gasteiger partial charge in [-0.1, -0.05) is 73.6 Å². The maximum absolute atomic E-state index is 12.8. The van der Waals surface area contributed by atoms with Crippen LogP contribution in [0.2, 0.25) is 22.2 Å². The van der Waals surface area contributed by atoms with Crippen LogP contribution in [0.25, 0.3) is 11.2 Å². The number of nitrogens with one attached hydrogen (secondary N) is 1. The number of imidazole rings is 1. The van der Waals surface area contributed by atoms with Crippen molar-refractivity contribution in [1.29, 1.82) is 0 Å². The monoisotopic (exact) mass is 597 g/mol. The lowest BCUT2D eigenvalue weighted by molar-refractivity contribution is -0.0544. The third-order valence-electron chi connectivity index (χ3n) is 8.46. The summed E-state index contributed by atoms with van der Waals surface area (Å²) in [7, 11) is -5.38. The Kier molecular flexibility index (Phi) is 8.52. The number of hydrogen-bond donors (Lipinski definition) is 1. The van der Waals surface area contributed by atoms with Gasteiger partial charge in [0, 0.05) is 12.0 Å². The Morgan fingerprint density at radius 3 is 2.20 bits per heavy atom. The molecular weight excluding hydrogens is 555 g/mol. The molecule has 2 aliphatic rings. The van der Waals surface area contributed by atoms with Crippen LogP contribution in [-0.4, -0.2) is 61.4 Å². The Hall–Kier alpha value is -2.49. The van der Waals surface area contributed by atoms with Gasteiger partial charge in [-0.3, -0.25) is 9.36 Å². The van der Waals surface area contributed by atoms with Crippen molar-refractivity contribution in [3.63, 3.8) is 0 Å². The molecule has 41 heavy (non-hydrogen) atoms. The summed E-state index contributed by atoms with van der Waals surface area (Å²) in [6.45, 7) is 18.2. The van der Waals surface area contributed by atoms with E-state index in [1.807, 2.05) is 22.8 Å². The molecule has 4 heterocycles. The SMILES string of the molecule is CC(C)[Si]1(C(C)C)OC[C@H]2O[C@@H](n3cnc4c(NC(=O)c5ccccc5)ncnc43)C[C@H]2O[Si](C(C)C)(C(C)C)O1. The smallest absolute Gasteiger partial charge is 0.335 e. The predicted octanol–water partition coefficient (Wildman–Crippen LogP) is 6.32. The molecule has 2 fully saturated rings. The lowest BCUT2D eigenvalue weighted by Crippen LogP contribution is -2.65. The number of hydrogen-bond acceptors (Lipinski definition) is 8. The van der Waals surface area contributed by atoms with Crippen molar-refractivity contribution in [3.05, 3.63) is 48.5 Å². The molecule has 0 unspecified atom stereocenters. The summed E-state index contributed by atoms with van der Waals surface area (Å²) in [6, 6.07) is 9.02. The third-order valence-corrected chi connectivity index (χ3v) is 18.7. The number of nitrogens with zero attached hydrogens (tertiary/aromatic N) is 4. The van der Waals surface area contributed by atoms with Crippen LogP contribution in [0.3, 0.4) is 0 Å². The number of ether oxygens (including phenoxy) is 1. The zero-order valence-corrected chi connectivity index (χ0v) is 27.3. The summed E-state index contributed by atoms with van der Waals surface area (Å²) < 4.78 is 29.9. The van der Waals surface area contributed by atoms with Crippen LogP contribution in [0.15, 0.2) is 43.0 Å². The number of anilines is 1. The van der Waals surface area contributed by atoms with E-state index in [-0.39, 0.29) is 46.5 Å². The maximum Gasteiger partial charge on any atom is 0.335 e. The van der Waals surface area contributed by atoms with Crippen molar-refractivity contribution in [1.82, 2.24) is 19.5 Å². The summed E-state index contributed by atoms with van der Waals surface area (Å²) in [5.74, 6) is 0.100.